The van der Waals surface area contributed by atoms with Crippen molar-refractivity contribution in [2.24, 2.45) is 0 Å². The van der Waals surface area contributed by atoms with Crippen molar-refractivity contribution in [3.8, 4) is 0 Å². The predicted molar refractivity (Wildman–Crippen MR) is 101 cm³/mol. The quantitative estimate of drug-likeness (QED) is 0.596. The van der Waals surface area contributed by atoms with Gasteiger partial charge in [0.1, 0.15) is 0 Å². The number of halogens is 2. The summed E-state index contributed by atoms with van der Waals surface area (Å²) in [5.41, 5.74) is 2.35. The third kappa shape index (κ3) is 5.93. The summed E-state index contributed by atoms with van der Waals surface area (Å²) >= 11 is 11.8. The third-order valence-electron chi connectivity index (χ3n) is 3.34. The predicted octanol–water partition coefficient (Wildman–Crippen LogP) is 4.89. The van der Waals surface area contributed by atoms with Crippen LogP contribution in [-0.4, -0.2) is 18.0 Å². The minimum atomic E-state index is -0.931. The first-order valence-corrected chi connectivity index (χ1v) is 8.32. The van der Waals surface area contributed by atoms with E-state index in [0.717, 1.165) is 5.56 Å². The Balaban J connectivity index is 1.91. The molecule has 2 rings (SSSR count). The van der Waals surface area contributed by atoms with Crippen LogP contribution < -0.4 is 5.32 Å². The zero-order chi connectivity index (χ0) is 18.4. The number of hydrogen-bond acceptors (Lipinski definition) is 3. The van der Waals surface area contributed by atoms with E-state index in [2.05, 4.69) is 5.32 Å². The molecule has 2 aromatic carbocycles. The summed E-state index contributed by atoms with van der Waals surface area (Å²) in [6.45, 7) is 3.46. The first-order chi connectivity index (χ1) is 11.8. The van der Waals surface area contributed by atoms with E-state index in [4.69, 9.17) is 27.9 Å². The Morgan fingerprint density at radius 3 is 2.44 bits per heavy atom. The Morgan fingerprint density at radius 1 is 1.12 bits per heavy atom. The standard InChI is InChI=1S/C19H17Cl2NO3/c1-12-3-8-16(9-4-12)22-19(24)13(2)25-18(23)10-6-14-5-7-15(20)11-17(14)21/h3-11,13H,1-2H3,(H,22,24)/b10-6+/t13-/m1/s1. The highest BCUT2D eigenvalue weighted by molar-refractivity contribution is 6.35. The molecule has 0 spiro atoms. The van der Waals surface area contributed by atoms with Crippen molar-refractivity contribution in [3.63, 3.8) is 0 Å². The monoisotopic (exact) mass is 377 g/mol. The molecule has 0 bridgehead atoms. The van der Waals surface area contributed by atoms with Gasteiger partial charge in [0.2, 0.25) is 0 Å². The molecular weight excluding hydrogens is 361 g/mol. The molecule has 0 aliphatic rings. The molecular formula is C19H17Cl2NO3. The zero-order valence-corrected chi connectivity index (χ0v) is 15.3. The number of carbonyl (C=O) groups is 2. The van der Waals surface area contributed by atoms with E-state index < -0.39 is 18.0 Å². The summed E-state index contributed by atoms with van der Waals surface area (Å²) in [6, 6.07) is 12.2. The molecule has 0 aliphatic heterocycles. The fraction of sp³-hybridized carbons (Fsp3) is 0.158. The van der Waals surface area contributed by atoms with Crippen LogP contribution in [0.3, 0.4) is 0 Å². The molecule has 1 N–H and O–H groups in total. The summed E-state index contributed by atoms with van der Waals surface area (Å²) in [4.78, 5) is 23.9. The van der Waals surface area contributed by atoms with Crippen LogP contribution in [0, 0.1) is 6.92 Å². The number of anilines is 1. The minimum absolute atomic E-state index is 0.407. The maximum Gasteiger partial charge on any atom is 0.331 e. The maximum atomic E-state index is 12.1. The highest BCUT2D eigenvalue weighted by atomic mass is 35.5. The second-order valence-corrected chi connectivity index (χ2v) is 6.28. The Hall–Kier alpha value is -2.30. The van der Waals surface area contributed by atoms with E-state index in [0.29, 0.717) is 21.3 Å². The van der Waals surface area contributed by atoms with Gasteiger partial charge in [-0.3, -0.25) is 4.79 Å². The Labute approximate surface area is 156 Å². The minimum Gasteiger partial charge on any atom is -0.449 e. The number of nitrogens with one attached hydrogen (secondary N) is 1. The van der Waals surface area contributed by atoms with Crippen LogP contribution >= 0.6 is 23.2 Å². The SMILES string of the molecule is Cc1ccc(NC(=O)[C@@H](C)OC(=O)/C=C/c2ccc(Cl)cc2Cl)cc1. The van der Waals surface area contributed by atoms with Gasteiger partial charge >= 0.3 is 5.97 Å². The van der Waals surface area contributed by atoms with E-state index in [1.807, 2.05) is 19.1 Å². The number of amides is 1. The zero-order valence-electron chi connectivity index (χ0n) is 13.8. The second-order valence-electron chi connectivity index (χ2n) is 5.43. The molecule has 0 fully saturated rings. The first kappa shape index (κ1) is 19.0. The number of hydrogen-bond donors (Lipinski definition) is 1. The summed E-state index contributed by atoms with van der Waals surface area (Å²) in [5.74, 6) is -1.05. The molecule has 4 nitrogen and oxygen atoms in total. The number of esters is 1. The van der Waals surface area contributed by atoms with Gasteiger partial charge < -0.3 is 10.1 Å². The van der Waals surface area contributed by atoms with Gasteiger partial charge in [-0.25, -0.2) is 4.79 Å². The van der Waals surface area contributed by atoms with Gasteiger partial charge in [0.25, 0.3) is 5.91 Å². The summed E-state index contributed by atoms with van der Waals surface area (Å²) in [5, 5.41) is 3.61. The smallest absolute Gasteiger partial charge is 0.331 e. The van der Waals surface area contributed by atoms with Crippen LogP contribution in [0.5, 0.6) is 0 Å². The summed E-state index contributed by atoms with van der Waals surface area (Å²) in [6.07, 6.45) is 1.79. The van der Waals surface area contributed by atoms with Crippen LogP contribution in [0.2, 0.25) is 10.0 Å². The topological polar surface area (TPSA) is 55.4 Å². The molecule has 0 saturated heterocycles. The van der Waals surface area contributed by atoms with Gasteiger partial charge in [0, 0.05) is 21.8 Å². The lowest BCUT2D eigenvalue weighted by atomic mass is 10.2. The third-order valence-corrected chi connectivity index (χ3v) is 3.91. The molecule has 2 aromatic rings. The molecule has 25 heavy (non-hydrogen) atoms. The molecule has 0 unspecified atom stereocenters. The van der Waals surface area contributed by atoms with Crippen LogP contribution in [0.4, 0.5) is 5.69 Å². The van der Waals surface area contributed by atoms with Crippen molar-refractivity contribution in [2.45, 2.75) is 20.0 Å². The lowest BCUT2D eigenvalue weighted by Gasteiger charge is -2.12. The number of aryl methyl sites for hydroxylation is 1. The van der Waals surface area contributed by atoms with Crippen LogP contribution in [0.25, 0.3) is 6.08 Å². The normalized spacial score (nSPS) is 12.0. The highest BCUT2D eigenvalue weighted by Crippen LogP contribution is 2.22. The Kier molecular flexibility index (Phi) is 6.62. The van der Waals surface area contributed by atoms with E-state index in [1.165, 1.54) is 19.1 Å². The van der Waals surface area contributed by atoms with Crippen molar-refractivity contribution in [3.05, 3.63) is 69.7 Å². The number of benzene rings is 2. The largest absolute Gasteiger partial charge is 0.449 e. The molecule has 0 aliphatic carbocycles. The van der Waals surface area contributed by atoms with Gasteiger partial charge in [-0.05, 0) is 49.8 Å². The van der Waals surface area contributed by atoms with Crippen molar-refractivity contribution < 1.29 is 14.3 Å². The van der Waals surface area contributed by atoms with Crippen molar-refractivity contribution in [2.75, 3.05) is 5.32 Å². The van der Waals surface area contributed by atoms with Gasteiger partial charge in [-0.1, -0.05) is 47.0 Å². The fourth-order valence-corrected chi connectivity index (χ4v) is 2.41. The molecule has 130 valence electrons. The molecule has 1 amide bonds. The number of carbonyl (C=O) groups excluding carboxylic acids is 2. The number of rotatable bonds is 5. The Bertz CT molecular complexity index is 801. The van der Waals surface area contributed by atoms with Crippen LogP contribution in [0.1, 0.15) is 18.1 Å². The van der Waals surface area contributed by atoms with E-state index in [-0.39, 0.29) is 0 Å². The van der Waals surface area contributed by atoms with E-state index >= 15 is 0 Å². The van der Waals surface area contributed by atoms with E-state index in [9.17, 15) is 9.59 Å². The molecule has 0 aromatic heterocycles. The molecule has 0 saturated carbocycles. The van der Waals surface area contributed by atoms with Gasteiger partial charge in [0.05, 0.1) is 0 Å². The fourth-order valence-electron chi connectivity index (χ4n) is 1.94. The highest BCUT2D eigenvalue weighted by Gasteiger charge is 2.16. The molecule has 0 radical (unpaired) electrons. The second kappa shape index (κ2) is 8.70. The first-order valence-electron chi connectivity index (χ1n) is 7.56. The van der Waals surface area contributed by atoms with Crippen molar-refractivity contribution in [1.82, 2.24) is 0 Å². The number of ether oxygens (including phenoxy) is 1. The average molecular weight is 378 g/mol. The lowest BCUT2D eigenvalue weighted by Crippen LogP contribution is -2.29. The summed E-state index contributed by atoms with van der Waals surface area (Å²) < 4.78 is 5.09. The molecule has 0 heterocycles. The molecule has 1 atom stereocenters. The van der Waals surface area contributed by atoms with Gasteiger partial charge in [0.15, 0.2) is 6.10 Å². The lowest BCUT2D eigenvalue weighted by molar-refractivity contribution is -0.148. The summed E-state index contributed by atoms with van der Waals surface area (Å²) in [7, 11) is 0. The maximum absolute atomic E-state index is 12.1. The van der Waals surface area contributed by atoms with Crippen LogP contribution in [0.15, 0.2) is 48.5 Å². The Morgan fingerprint density at radius 2 is 1.80 bits per heavy atom. The van der Waals surface area contributed by atoms with Crippen molar-refractivity contribution >= 4 is 46.8 Å². The van der Waals surface area contributed by atoms with E-state index in [1.54, 1.807) is 30.3 Å². The average Bonchev–Trinajstić information content (AvgIpc) is 2.56. The molecule has 6 heteroatoms. The van der Waals surface area contributed by atoms with Gasteiger partial charge in [-0.2, -0.15) is 0 Å². The van der Waals surface area contributed by atoms with Crippen molar-refractivity contribution in [1.29, 1.82) is 0 Å². The van der Waals surface area contributed by atoms with Gasteiger partial charge in [-0.15, -0.1) is 0 Å². The van der Waals surface area contributed by atoms with Crippen LogP contribution in [-0.2, 0) is 14.3 Å².